The van der Waals surface area contributed by atoms with E-state index in [-0.39, 0.29) is 0 Å². The minimum atomic E-state index is 0.582. The average Bonchev–Trinajstić information content (AvgIpc) is 3.02. The molecule has 1 aromatic heterocycles. The maximum Gasteiger partial charge on any atom is 0.135 e. The normalized spacial score (nSPS) is 11.3. The molecule has 0 bridgehead atoms. The third-order valence-corrected chi connectivity index (χ3v) is 4.44. The van der Waals surface area contributed by atoms with Gasteiger partial charge in [-0.1, -0.05) is 51.8 Å². The molecule has 0 saturated heterocycles. The van der Waals surface area contributed by atoms with E-state index in [0.29, 0.717) is 11.3 Å². The van der Waals surface area contributed by atoms with Gasteiger partial charge in [0.15, 0.2) is 0 Å². The SMILES string of the molecule is Cc1ccc(/C(C#N)=C/c2ccc(-c3ccc(C)cc3Br)o2)cc1. The van der Waals surface area contributed by atoms with Crippen LogP contribution >= 0.6 is 15.9 Å². The number of benzene rings is 2. The fourth-order valence-corrected chi connectivity index (χ4v) is 3.14. The fraction of sp³-hybridized carbons (Fsp3) is 0.0952. The first-order valence-corrected chi connectivity index (χ1v) is 8.41. The highest BCUT2D eigenvalue weighted by molar-refractivity contribution is 9.10. The number of aryl methyl sites for hydroxylation is 2. The van der Waals surface area contributed by atoms with Crippen LogP contribution in [0.15, 0.2) is 63.5 Å². The number of allylic oxidation sites excluding steroid dienone is 1. The third kappa shape index (κ3) is 3.50. The number of furan rings is 1. The van der Waals surface area contributed by atoms with Crippen LogP contribution in [-0.4, -0.2) is 0 Å². The monoisotopic (exact) mass is 377 g/mol. The Labute approximate surface area is 150 Å². The lowest BCUT2D eigenvalue weighted by Crippen LogP contribution is -1.82. The van der Waals surface area contributed by atoms with Crippen molar-refractivity contribution in [3.63, 3.8) is 0 Å². The molecule has 118 valence electrons. The van der Waals surface area contributed by atoms with Crippen molar-refractivity contribution < 1.29 is 4.42 Å². The van der Waals surface area contributed by atoms with Crippen LogP contribution < -0.4 is 0 Å². The van der Waals surface area contributed by atoms with E-state index < -0.39 is 0 Å². The highest BCUT2D eigenvalue weighted by atomic mass is 79.9. The molecule has 0 aliphatic rings. The van der Waals surface area contributed by atoms with Gasteiger partial charge in [0.25, 0.3) is 0 Å². The first-order valence-electron chi connectivity index (χ1n) is 7.62. The summed E-state index contributed by atoms with van der Waals surface area (Å²) in [5.74, 6) is 1.43. The Morgan fingerprint density at radius 1 is 1.00 bits per heavy atom. The highest BCUT2D eigenvalue weighted by Gasteiger charge is 2.09. The molecule has 0 amide bonds. The number of nitriles is 1. The summed E-state index contributed by atoms with van der Waals surface area (Å²) in [4.78, 5) is 0. The summed E-state index contributed by atoms with van der Waals surface area (Å²) in [6.45, 7) is 4.07. The molecule has 0 N–H and O–H groups in total. The molecule has 0 radical (unpaired) electrons. The molecule has 2 nitrogen and oxygen atoms in total. The van der Waals surface area contributed by atoms with Gasteiger partial charge in [-0.3, -0.25) is 0 Å². The number of hydrogen-bond donors (Lipinski definition) is 0. The summed E-state index contributed by atoms with van der Waals surface area (Å²) in [7, 11) is 0. The lowest BCUT2D eigenvalue weighted by molar-refractivity contribution is 0.571. The van der Waals surface area contributed by atoms with Crippen molar-refractivity contribution >= 4 is 27.6 Å². The van der Waals surface area contributed by atoms with Crippen molar-refractivity contribution in [2.75, 3.05) is 0 Å². The zero-order chi connectivity index (χ0) is 17.1. The molecule has 3 rings (SSSR count). The molecule has 3 heteroatoms. The molecular formula is C21H16BrNO. The van der Waals surface area contributed by atoms with E-state index in [1.807, 2.05) is 62.4 Å². The standard InChI is InChI=1S/C21H16BrNO/c1-14-3-6-16(7-4-14)17(13-23)12-18-8-10-21(24-18)19-9-5-15(2)11-20(19)22/h3-12H,1-2H3/b17-12+. The molecule has 0 aliphatic heterocycles. The Kier molecular flexibility index (Phi) is 4.69. The van der Waals surface area contributed by atoms with Crippen molar-refractivity contribution in [3.05, 3.63) is 81.5 Å². The molecule has 0 fully saturated rings. The topological polar surface area (TPSA) is 36.9 Å². The Morgan fingerprint density at radius 3 is 2.38 bits per heavy atom. The van der Waals surface area contributed by atoms with E-state index in [1.165, 1.54) is 11.1 Å². The van der Waals surface area contributed by atoms with Crippen LogP contribution in [0.25, 0.3) is 23.0 Å². The second-order valence-corrected chi connectivity index (χ2v) is 6.58. The molecule has 0 atom stereocenters. The quantitative estimate of drug-likeness (QED) is 0.495. The number of nitrogens with zero attached hydrogens (tertiary/aromatic N) is 1. The lowest BCUT2D eigenvalue weighted by atomic mass is 10.0. The van der Waals surface area contributed by atoms with Crippen LogP contribution in [0.5, 0.6) is 0 Å². The zero-order valence-electron chi connectivity index (χ0n) is 13.5. The van der Waals surface area contributed by atoms with E-state index in [0.717, 1.165) is 21.4 Å². The second kappa shape index (κ2) is 6.90. The predicted molar refractivity (Wildman–Crippen MR) is 101 cm³/mol. The maximum absolute atomic E-state index is 9.44. The Hall–Kier alpha value is -2.57. The average molecular weight is 378 g/mol. The molecule has 2 aromatic carbocycles. The summed E-state index contributed by atoms with van der Waals surface area (Å²) in [5.41, 5.74) is 4.81. The van der Waals surface area contributed by atoms with E-state index >= 15 is 0 Å². The summed E-state index contributed by atoms with van der Waals surface area (Å²) in [6.07, 6.45) is 1.77. The van der Waals surface area contributed by atoms with Crippen LogP contribution in [0.1, 0.15) is 22.5 Å². The first-order chi connectivity index (χ1) is 11.6. The van der Waals surface area contributed by atoms with Crippen molar-refractivity contribution in [1.82, 2.24) is 0 Å². The van der Waals surface area contributed by atoms with Gasteiger partial charge < -0.3 is 4.42 Å². The Bertz CT molecular complexity index is 943. The van der Waals surface area contributed by atoms with Gasteiger partial charge in [-0.05, 0) is 55.3 Å². The molecule has 0 spiro atoms. The molecule has 3 aromatic rings. The van der Waals surface area contributed by atoms with Gasteiger partial charge in [0.2, 0.25) is 0 Å². The molecule has 0 unspecified atom stereocenters. The Morgan fingerprint density at radius 2 is 1.71 bits per heavy atom. The second-order valence-electron chi connectivity index (χ2n) is 5.72. The molecule has 0 aliphatic carbocycles. The number of rotatable bonds is 3. The van der Waals surface area contributed by atoms with Gasteiger partial charge in [-0.25, -0.2) is 0 Å². The number of halogens is 1. The van der Waals surface area contributed by atoms with Gasteiger partial charge in [-0.15, -0.1) is 0 Å². The van der Waals surface area contributed by atoms with Crippen molar-refractivity contribution in [2.24, 2.45) is 0 Å². The maximum atomic E-state index is 9.44. The predicted octanol–water partition coefficient (Wildman–Crippen LogP) is 6.39. The van der Waals surface area contributed by atoms with E-state index in [1.54, 1.807) is 6.08 Å². The smallest absolute Gasteiger partial charge is 0.135 e. The minimum absolute atomic E-state index is 0.582. The fourth-order valence-electron chi connectivity index (χ4n) is 2.45. The molecule has 1 heterocycles. The van der Waals surface area contributed by atoms with Crippen LogP contribution in [-0.2, 0) is 0 Å². The van der Waals surface area contributed by atoms with Crippen LogP contribution in [0.3, 0.4) is 0 Å². The van der Waals surface area contributed by atoms with Crippen LogP contribution in [0, 0.1) is 25.2 Å². The van der Waals surface area contributed by atoms with Crippen molar-refractivity contribution in [1.29, 1.82) is 5.26 Å². The number of hydrogen-bond acceptors (Lipinski definition) is 2. The largest absolute Gasteiger partial charge is 0.457 e. The lowest BCUT2D eigenvalue weighted by Gasteiger charge is -2.02. The summed E-state index contributed by atoms with van der Waals surface area (Å²) >= 11 is 3.57. The minimum Gasteiger partial charge on any atom is -0.457 e. The molecular weight excluding hydrogens is 362 g/mol. The summed E-state index contributed by atoms with van der Waals surface area (Å²) in [5, 5.41) is 9.44. The first kappa shape index (κ1) is 16.3. The van der Waals surface area contributed by atoms with Gasteiger partial charge in [0, 0.05) is 10.0 Å². The highest BCUT2D eigenvalue weighted by Crippen LogP contribution is 2.31. The molecule has 24 heavy (non-hydrogen) atoms. The zero-order valence-corrected chi connectivity index (χ0v) is 15.1. The van der Waals surface area contributed by atoms with Gasteiger partial charge in [0.1, 0.15) is 11.5 Å². The van der Waals surface area contributed by atoms with Crippen molar-refractivity contribution in [3.8, 4) is 17.4 Å². The van der Waals surface area contributed by atoms with E-state index in [9.17, 15) is 5.26 Å². The van der Waals surface area contributed by atoms with E-state index in [2.05, 4.69) is 28.1 Å². The van der Waals surface area contributed by atoms with Gasteiger partial charge in [-0.2, -0.15) is 5.26 Å². The van der Waals surface area contributed by atoms with Crippen LogP contribution in [0.2, 0.25) is 0 Å². The third-order valence-electron chi connectivity index (χ3n) is 3.79. The van der Waals surface area contributed by atoms with E-state index in [4.69, 9.17) is 4.42 Å². The summed E-state index contributed by atoms with van der Waals surface area (Å²) in [6, 6.07) is 20.1. The van der Waals surface area contributed by atoms with Crippen LogP contribution in [0.4, 0.5) is 0 Å². The Balaban J connectivity index is 1.95. The van der Waals surface area contributed by atoms with Crippen molar-refractivity contribution in [2.45, 2.75) is 13.8 Å². The van der Waals surface area contributed by atoms with Gasteiger partial charge in [0.05, 0.1) is 11.6 Å². The molecule has 0 saturated carbocycles. The summed E-state index contributed by atoms with van der Waals surface area (Å²) < 4.78 is 6.90. The van der Waals surface area contributed by atoms with Gasteiger partial charge >= 0.3 is 0 Å².